The van der Waals surface area contributed by atoms with Crippen LogP contribution in [-0.2, 0) is 9.59 Å². The highest BCUT2D eigenvalue weighted by atomic mass is 19.3. The summed E-state index contributed by atoms with van der Waals surface area (Å²) in [6.07, 6.45) is 7.51. The number of carbonyl (C=O) groups excluding carboxylic acids is 3. The molecule has 2 fully saturated rings. The molecule has 0 unspecified atom stereocenters. The average Bonchev–Trinajstić information content (AvgIpc) is 3.29. The molecule has 2 heterocycles. The molecule has 0 radical (unpaired) electrons. The number of amides is 3. The van der Waals surface area contributed by atoms with Crippen LogP contribution in [0.4, 0.5) is 8.78 Å². The van der Waals surface area contributed by atoms with Gasteiger partial charge >= 0.3 is 0 Å². The standard InChI is InChI=1S/C28H31F2N5O4/c29-28(30)14-21(15-31)35(18-28)25(36)17-34-27(38)23-10-11-32-16-24(23)19-6-8-22(9-7-19)39-13-12-33-26(37)20-4-2-1-3-5-20/h6-11,16,20-21H,1-5,12-14,17-18H2,(H,33,37)(H,34,38)/t21-/m0/s1. The number of nitrogens with zero attached hydrogens (tertiary/aromatic N) is 3. The largest absolute Gasteiger partial charge is 0.492 e. The highest BCUT2D eigenvalue weighted by Crippen LogP contribution is 2.31. The molecule has 0 spiro atoms. The van der Waals surface area contributed by atoms with Crippen LogP contribution in [0.5, 0.6) is 5.75 Å². The third kappa shape index (κ3) is 7.28. The van der Waals surface area contributed by atoms with Gasteiger partial charge in [0.05, 0.1) is 31.3 Å². The van der Waals surface area contributed by atoms with Gasteiger partial charge in [0, 0.05) is 30.3 Å². The zero-order valence-corrected chi connectivity index (χ0v) is 21.5. The van der Waals surface area contributed by atoms with Crippen molar-refractivity contribution < 1.29 is 27.9 Å². The Kier molecular flexibility index (Phi) is 9.07. The number of likely N-dealkylation sites (tertiary alicyclic amines) is 1. The Bertz CT molecular complexity index is 1230. The zero-order valence-electron chi connectivity index (χ0n) is 21.5. The summed E-state index contributed by atoms with van der Waals surface area (Å²) in [7, 11) is 0. The quantitative estimate of drug-likeness (QED) is 0.471. The first-order chi connectivity index (χ1) is 18.8. The van der Waals surface area contributed by atoms with Gasteiger partial charge in [0.15, 0.2) is 0 Å². The van der Waals surface area contributed by atoms with Crippen LogP contribution in [-0.4, -0.2) is 65.8 Å². The van der Waals surface area contributed by atoms with Crippen molar-refractivity contribution in [2.75, 3.05) is 26.2 Å². The van der Waals surface area contributed by atoms with Gasteiger partial charge in [-0.1, -0.05) is 31.4 Å². The second-order valence-corrected chi connectivity index (χ2v) is 9.83. The summed E-state index contributed by atoms with van der Waals surface area (Å²) in [5, 5.41) is 14.5. The topological polar surface area (TPSA) is 124 Å². The van der Waals surface area contributed by atoms with E-state index in [2.05, 4.69) is 15.6 Å². The fourth-order valence-corrected chi connectivity index (χ4v) is 4.95. The minimum atomic E-state index is -3.13. The minimum Gasteiger partial charge on any atom is -0.492 e. The number of hydrogen-bond acceptors (Lipinski definition) is 6. The summed E-state index contributed by atoms with van der Waals surface area (Å²) in [5.41, 5.74) is 1.44. The molecule has 1 aromatic heterocycles. The van der Waals surface area contributed by atoms with E-state index in [1.807, 2.05) is 0 Å². The third-order valence-corrected chi connectivity index (χ3v) is 7.02. The molecule has 9 nitrogen and oxygen atoms in total. The van der Waals surface area contributed by atoms with Gasteiger partial charge in [0.25, 0.3) is 11.8 Å². The van der Waals surface area contributed by atoms with Crippen molar-refractivity contribution >= 4 is 17.7 Å². The third-order valence-electron chi connectivity index (χ3n) is 7.02. The molecule has 2 aliphatic rings. The lowest BCUT2D eigenvalue weighted by Crippen LogP contribution is -2.43. The minimum absolute atomic E-state index is 0.0842. The number of pyridine rings is 1. The van der Waals surface area contributed by atoms with Gasteiger partial charge in [0.1, 0.15) is 18.4 Å². The second-order valence-electron chi connectivity index (χ2n) is 9.83. The van der Waals surface area contributed by atoms with Crippen molar-refractivity contribution in [3.05, 3.63) is 48.3 Å². The van der Waals surface area contributed by atoms with Gasteiger partial charge in [-0.3, -0.25) is 19.4 Å². The van der Waals surface area contributed by atoms with Crippen LogP contribution < -0.4 is 15.4 Å². The van der Waals surface area contributed by atoms with E-state index in [1.165, 1.54) is 24.9 Å². The van der Waals surface area contributed by atoms with Gasteiger partial charge in [-0.25, -0.2) is 8.78 Å². The number of benzene rings is 1. The first-order valence-electron chi connectivity index (χ1n) is 13.1. The normalized spacial score (nSPS) is 18.7. The molecule has 2 N–H and O–H groups in total. The van der Waals surface area contributed by atoms with Crippen molar-refractivity contribution in [1.82, 2.24) is 20.5 Å². The lowest BCUT2D eigenvalue weighted by Gasteiger charge is -2.20. The second kappa shape index (κ2) is 12.7. The van der Waals surface area contributed by atoms with Gasteiger partial charge < -0.3 is 20.3 Å². The summed E-state index contributed by atoms with van der Waals surface area (Å²) in [5.74, 6) is -3.67. The predicted molar refractivity (Wildman–Crippen MR) is 138 cm³/mol. The molecule has 4 rings (SSSR count). The summed E-state index contributed by atoms with van der Waals surface area (Å²) in [6, 6.07) is 8.99. The van der Waals surface area contributed by atoms with E-state index < -0.39 is 43.3 Å². The van der Waals surface area contributed by atoms with Crippen LogP contribution in [0.3, 0.4) is 0 Å². The Morgan fingerprint density at radius 1 is 1.10 bits per heavy atom. The molecule has 0 bridgehead atoms. The number of halogens is 2. The van der Waals surface area contributed by atoms with E-state index in [1.54, 1.807) is 30.3 Å². The van der Waals surface area contributed by atoms with E-state index in [0.717, 1.165) is 30.6 Å². The Hall–Kier alpha value is -4.07. The number of nitriles is 1. The van der Waals surface area contributed by atoms with Crippen LogP contribution in [0.1, 0.15) is 48.9 Å². The monoisotopic (exact) mass is 539 g/mol. The lowest BCUT2D eigenvalue weighted by atomic mass is 9.89. The molecule has 3 amide bonds. The molecule has 1 aliphatic heterocycles. The SMILES string of the molecule is N#C[C@@H]1CC(F)(F)CN1C(=O)CNC(=O)c1ccncc1-c1ccc(OCCNC(=O)C2CCCCC2)cc1. The Labute approximate surface area is 225 Å². The van der Waals surface area contributed by atoms with Crippen molar-refractivity contribution in [3.8, 4) is 22.9 Å². The number of carbonyl (C=O) groups is 3. The maximum atomic E-state index is 13.6. The fourth-order valence-electron chi connectivity index (χ4n) is 4.95. The van der Waals surface area contributed by atoms with Crippen molar-refractivity contribution in [1.29, 1.82) is 5.26 Å². The highest BCUT2D eigenvalue weighted by molar-refractivity contribution is 6.02. The van der Waals surface area contributed by atoms with Crippen LogP contribution in [0.15, 0.2) is 42.7 Å². The predicted octanol–water partition coefficient (Wildman–Crippen LogP) is 3.31. The summed E-state index contributed by atoms with van der Waals surface area (Å²) < 4.78 is 33.0. The van der Waals surface area contributed by atoms with E-state index >= 15 is 0 Å². The lowest BCUT2D eigenvalue weighted by molar-refractivity contribution is -0.131. The summed E-state index contributed by atoms with van der Waals surface area (Å²) in [6.45, 7) is -0.629. The molecular formula is C28H31F2N5O4. The van der Waals surface area contributed by atoms with Crippen LogP contribution in [0, 0.1) is 17.2 Å². The van der Waals surface area contributed by atoms with E-state index in [9.17, 15) is 23.2 Å². The first-order valence-corrected chi connectivity index (χ1v) is 13.1. The Morgan fingerprint density at radius 3 is 2.56 bits per heavy atom. The van der Waals surface area contributed by atoms with Crippen molar-refractivity contribution in [2.24, 2.45) is 5.92 Å². The molecule has 1 saturated carbocycles. The molecule has 39 heavy (non-hydrogen) atoms. The highest BCUT2D eigenvalue weighted by Gasteiger charge is 2.47. The molecular weight excluding hydrogens is 508 g/mol. The molecule has 11 heteroatoms. The number of nitrogens with one attached hydrogen (secondary N) is 2. The number of alkyl halides is 2. The summed E-state index contributed by atoms with van der Waals surface area (Å²) >= 11 is 0. The summed E-state index contributed by atoms with van der Waals surface area (Å²) in [4.78, 5) is 42.4. The zero-order chi connectivity index (χ0) is 27.8. The fraction of sp³-hybridized carbons (Fsp3) is 0.464. The van der Waals surface area contributed by atoms with Gasteiger partial charge in [0.2, 0.25) is 11.8 Å². The molecule has 206 valence electrons. The first kappa shape index (κ1) is 28.0. The van der Waals surface area contributed by atoms with E-state index in [0.29, 0.717) is 30.0 Å². The molecule has 1 aromatic carbocycles. The number of aromatic nitrogens is 1. The maximum absolute atomic E-state index is 13.6. The van der Waals surface area contributed by atoms with Crippen LogP contribution in [0.25, 0.3) is 11.1 Å². The van der Waals surface area contributed by atoms with Crippen LogP contribution in [0.2, 0.25) is 0 Å². The number of ether oxygens (including phenoxy) is 1. The molecule has 1 atom stereocenters. The maximum Gasteiger partial charge on any atom is 0.268 e. The van der Waals surface area contributed by atoms with Crippen molar-refractivity contribution in [2.45, 2.75) is 50.5 Å². The Balaban J connectivity index is 1.30. The number of rotatable bonds is 9. The van der Waals surface area contributed by atoms with Gasteiger partial charge in [-0.2, -0.15) is 5.26 Å². The van der Waals surface area contributed by atoms with E-state index in [4.69, 9.17) is 10.00 Å². The van der Waals surface area contributed by atoms with E-state index in [-0.39, 0.29) is 17.4 Å². The smallest absolute Gasteiger partial charge is 0.268 e. The van der Waals surface area contributed by atoms with Crippen molar-refractivity contribution in [3.63, 3.8) is 0 Å². The molecule has 2 aromatic rings. The average molecular weight is 540 g/mol. The van der Waals surface area contributed by atoms with Crippen LogP contribution >= 0.6 is 0 Å². The molecule has 1 aliphatic carbocycles. The number of hydrogen-bond donors (Lipinski definition) is 2. The Morgan fingerprint density at radius 2 is 1.85 bits per heavy atom. The van der Waals surface area contributed by atoms with Gasteiger partial charge in [-0.05, 0) is 36.6 Å². The van der Waals surface area contributed by atoms with Gasteiger partial charge in [-0.15, -0.1) is 0 Å². The molecule has 1 saturated heterocycles.